The van der Waals surface area contributed by atoms with Crippen LogP contribution in [0.25, 0.3) is 0 Å². The zero-order valence-corrected chi connectivity index (χ0v) is 15.9. The lowest BCUT2D eigenvalue weighted by Gasteiger charge is -2.36. The van der Waals surface area contributed by atoms with E-state index in [4.69, 9.17) is 5.73 Å². The van der Waals surface area contributed by atoms with Crippen molar-refractivity contribution in [3.05, 3.63) is 33.5 Å². The molecule has 0 spiro atoms. The number of nitrogens with one attached hydrogen (secondary N) is 1. The van der Waals surface area contributed by atoms with Crippen molar-refractivity contribution in [1.82, 2.24) is 15.2 Å². The van der Waals surface area contributed by atoms with E-state index in [1.807, 2.05) is 17.5 Å². The Morgan fingerprint density at radius 2 is 2.22 bits per heavy atom. The first-order chi connectivity index (χ1) is 10.7. The molecule has 1 saturated heterocycles. The maximum absolute atomic E-state index is 5.69. The summed E-state index contributed by atoms with van der Waals surface area (Å²) < 4.78 is 0. The van der Waals surface area contributed by atoms with Crippen LogP contribution in [0.4, 0.5) is 5.13 Å². The van der Waals surface area contributed by atoms with Crippen LogP contribution in [0.2, 0.25) is 0 Å². The molecule has 4 nitrogen and oxygen atoms in total. The third-order valence-electron chi connectivity index (χ3n) is 4.34. The van der Waals surface area contributed by atoms with Crippen molar-refractivity contribution in [1.29, 1.82) is 0 Å². The average molecular weight is 373 g/mol. The van der Waals surface area contributed by atoms with Crippen molar-refractivity contribution < 1.29 is 0 Å². The van der Waals surface area contributed by atoms with E-state index >= 15 is 0 Å². The molecule has 0 aliphatic carbocycles. The molecule has 1 fully saturated rings. The van der Waals surface area contributed by atoms with E-state index in [0.29, 0.717) is 11.2 Å². The highest BCUT2D eigenvalue weighted by molar-refractivity contribution is 7.15. The fraction of sp³-hybridized carbons (Fsp3) is 0.562. The lowest BCUT2D eigenvalue weighted by Crippen LogP contribution is -2.40. The average Bonchev–Trinajstić information content (AvgIpc) is 3.17. The summed E-state index contributed by atoms with van der Waals surface area (Å²) in [5, 5.41) is 6.42. The van der Waals surface area contributed by atoms with Crippen LogP contribution in [0.5, 0.6) is 0 Å². The van der Waals surface area contributed by atoms with Gasteiger partial charge in [0.1, 0.15) is 0 Å². The quantitative estimate of drug-likeness (QED) is 0.810. The second kappa shape index (κ2) is 8.99. The molecule has 2 aromatic heterocycles. The van der Waals surface area contributed by atoms with E-state index in [-0.39, 0.29) is 12.4 Å². The molecule has 0 aromatic carbocycles. The van der Waals surface area contributed by atoms with Gasteiger partial charge in [-0.2, -0.15) is 0 Å². The molecule has 0 saturated carbocycles. The van der Waals surface area contributed by atoms with E-state index in [2.05, 4.69) is 39.6 Å². The van der Waals surface area contributed by atoms with Gasteiger partial charge in [-0.25, -0.2) is 4.98 Å². The first kappa shape index (κ1) is 18.7. The maximum Gasteiger partial charge on any atom is 0.180 e. The number of likely N-dealkylation sites (tertiary alicyclic amines) is 1. The maximum atomic E-state index is 5.69. The number of hydrogen-bond acceptors (Lipinski definition) is 6. The molecule has 1 aliphatic heterocycles. The molecule has 0 bridgehead atoms. The number of nitrogen functional groups attached to an aromatic ring is 1. The van der Waals surface area contributed by atoms with E-state index in [1.165, 1.54) is 35.7 Å². The van der Waals surface area contributed by atoms with Crippen LogP contribution in [0.15, 0.2) is 23.7 Å². The van der Waals surface area contributed by atoms with Gasteiger partial charge >= 0.3 is 0 Å². The van der Waals surface area contributed by atoms with Gasteiger partial charge in [0.25, 0.3) is 0 Å². The van der Waals surface area contributed by atoms with E-state index in [0.717, 1.165) is 19.0 Å². The lowest BCUT2D eigenvalue weighted by molar-refractivity contribution is 0.137. The van der Waals surface area contributed by atoms with E-state index < -0.39 is 0 Å². The summed E-state index contributed by atoms with van der Waals surface area (Å²) in [6.07, 6.45) is 4.50. The first-order valence-corrected chi connectivity index (χ1v) is 9.60. The second-order valence-electron chi connectivity index (χ2n) is 6.05. The molecule has 1 unspecified atom stereocenters. The number of nitrogens with zero attached hydrogens (tertiary/aromatic N) is 2. The van der Waals surface area contributed by atoms with Crippen LogP contribution in [-0.2, 0) is 6.54 Å². The molecule has 0 amide bonds. The number of anilines is 1. The minimum absolute atomic E-state index is 0. The molecule has 128 valence electrons. The van der Waals surface area contributed by atoms with Crippen molar-refractivity contribution in [2.24, 2.45) is 5.92 Å². The van der Waals surface area contributed by atoms with Gasteiger partial charge in [0, 0.05) is 29.0 Å². The summed E-state index contributed by atoms with van der Waals surface area (Å²) in [7, 11) is 0. The van der Waals surface area contributed by atoms with Crippen LogP contribution in [0.1, 0.15) is 35.6 Å². The second-order valence-corrected chi connectivity index (χ2v) is 8.17. The van der Waals surface area contributed by atoms with Crippen molar-refractivity contribution in [3.8, 4) is 0 Å². The van der Waals surface area contributed by atoms with Crippen molar-refractivity contribution in [3.63, 3.8) is 0 Å². The number of aromatic nitrogens is 1. The molecular formula is C16H25ClN4S2. The molecular weight excluding hydrogens is 348 g/mol. The number of hydrogen-bond donors (Lipinski definition) is 2. The van der Waals surface area contributed by atoms with E-state index in [9.17, 15) is 0 Å². The Hall–Kier alpha value is -0.660. The molecule has 1 aliphatic rings. The van der Waals surface area contributed by atoms with Gasteiger partial charge in [0.15, 0.2) is 5.13 Å². The lowest BCUT2D eigenvalue weighted by atomic mass is 9.97. The first-order valence-electron chi connectivity index (χ1n) is 7.90. The number of halogens is 1. The van der Waals surface area contributed by atoms with Crippen molar-refractivity contribution >= 4 is 40.2 Å². The third kappa shape index (κ3) is 5.16. The summed E-state index contributed by atoms with van der Waals surface area (Å²) in [5.74, 6) is 0.869. The Kier molecular flexibility index (Phi) is 7.30. The Bertz CT molecular complexity index is 564. The number of nitrogens with two attached hydrogens (primary N) is 1. The monoisotopic (exact) mass is 372 g/mol. The van der Waals surface area contributed by atoms with Crippen LogP contribution >= 0.6 is 35.1 Å². The van der Waals surface area contributed by atoms with Crippen LogP contribution in [0.3, 0.4) is 0 Å². The molecule has 1 atom stereocenters. The highest BCUT2D eigenvalue weighted by Crippen LogP contribution is 2.29. The van der Waals surface area contributed by atoms with Gasteiger partial charge in [-0.15, -0.1) is 35.1 Å². The molecule has 3 N–H and O–H groups in total. The fourth-order valence-electron chi connectivity index (χ4n) is 2.97. The van der Waals surface area contributed by atoms with Gasteiger partial charge in [-0.1, -0.05) is 13.0 Å². The zero-order chi connectivity index (χ0) is 15.4. The molecule has 3 rings (SSSR count). The molecule has 7 heteroatoms. The van der Waals surface area contributed by atoms with Gasteiger partial charge in [0.05, 0.1) is 6.04 Å². The highest BCUT2D eigenvalue weighted by atomic mass is 35.5. The van der Waals surface area contributed by atoms with Gasteiger partial charge in [-0.3, -0.25) is 4.90 Å². The van der Waals surface area contributed by atoms with Gasteiger partial charge < -0.3 is 11.1 Å². The standard InChI is InChI=1S/C16H24N4S2.ClH/c1-12-4-6-20(7-5-12)14(15-3-2-8-21-15)11-18-9-13-10-19-16(17)22-13;/h2-3,8,10,12,14,18H,4-7,9,11H2,1H3,(H2,17,19);1H. The van der Waals surface area contributed by atoms with E-state index in [1.54, 1.807) is 11.3 Å². The largest absolute Gasteiger partial charge is 0.375 e. The van der Waals surface area contributed by atoms with Crippen molar-refractivity contribution in [2.75, 3.05) is 25.4 Å². The number of rotatable bonds is 6. The van der Waals surface area contributed by atoms with Crippen LogP contribution in [0, 0.1) is 5.92 Å². The Morgan fingerprint density at radius 3 is 2.83 bits per heavy atom. The molecule has 3 heterocycles. The normalized spacial score (nSPS) is 17.8. The predicted molar refractivity (Wildman–Crippen MR) is 103 cm³/mol. The number of piperidine rings is 1. The minimum atomic E-state index is 0. The Morgan fingerprint density at radius 1 is 1.43 bits per heavy atom. The highest BCUT2D eigenvalue weighted by Gasteiger charge is 2.25. The summed E-state index contributed by atoms with van der Waals surface area (Å²) in [6.45, 7) is 6.61. The van der Waals surface area contributed by atoms with Crippen LogP contribution in [-0.4, -0.2) is 29.5 Å². The smallest absolute Gasteiger partial charge is 0.180 e. The predicted octanol–water partition coefficient (Wildman–Crippen LogP) is 3.77. The summed E-state index contributed by atoms with van der Waals surface area (Å²) in [6, 6.07) is 4.90. The Balaban J connectivity index is 0.00000192. The molecule has 0 radical (unpaired) electrons. The summed E-state index contributed by atoms with van der Waals surface area (Å²) in [4.78, 5) is 9.42. The summed E-state index contributed by atoms with van der Waals surface area (Å²) in [5.41, 5.74) is 5.69. The number of thiazole rings is 1. The van der Waals surface area contributed by atoms with Crippen molar-refractivity contribution in [2.45, 2.75) is 32.4 Å². The Labute approximate surface area is 152 Å². The number of thiophene rings is 1. The molecule has 2 aromatic rings. The zero-order valence-electron chi connectivity index (χ0n) is 13.4. The topological polar surface area (TPSA) is 54.2 Å². The summed E-state index contributed by atoms with van der Waals surface area (Å²) >= 11 is 3.43. The van der Waals surface area contributed by atoms with Gasteiger partial charge in [-0.05, 0) is 43.3 Å². The third-order valence-corrected chi connectivity index (χ3v) is 6.14. The van der Waals surface area contributed by atoms with Crippen LogP contribution < -0.4 is 11.1 Å². The SMILES string of the molecule is CC1CCN(C(CNCc2cnc(N)s2)c2cccs2)CC1.Cl. The fourth-order valence-corrected chi connectivity index (χ4v) is 4.48. The van der Waals surface area contributed by atoms with Gasteiger partial charge in [0.2, 0.25) is 0 Å². The minimum Gasteiger partial charge on any atom is -0.375 e. The molecule has 23 heavy (non-hydrogen) atoms.